The van der Waals surface area contributed by atoms with E-state index >= 15 is 0 Å². The van der Waals surface area contributed by atoms with E-state index in [-0.39, 0.29) is 6.42 Å². The fourth-order valence-electron chi connectivity index (χ4n) is 3.20. The van der Waals surface area contributed by atoms with E-state index < -0.39 is 26.8 Å². The highest BCUT2D eigenvalue weighted by Gasteiger charge is 2.43. The van der Waals surface area contributed by atoms with Crippen LogP contribution in [0.15, 0.2) is 30.5 Å². The van der Waals surface area contributed by atoms with Crippen molar-refractivity contribution in [3.05, 3.63) is 34.0 Å². The summed E-state index contributed by atoms with van der Waals surface area (Å²) in [7, 11) is -3.68. The minimum absolute atomic E-state index is 0.127. The number of amides is 1. The van der Waals surface area contributed by atoms with E-state index in [1.54, 1.807) is 0 Å². The molecule has 2 atom stereocenters. The van der Waals surface area contributed by atoms with Gasteiger partial charge >= 0.3 is 0 Å². The van der Waals surface area contributed by atoms with E-state index in [0.29, 0.717) is 19.6 Å². The normalized spacial score (nSPS) is 20.0. The number of hydrogen-bond acceptors (Lipinski definition) is 5. The van der Waals surface area contributed by atoms with Gasteiger partial charge in [0.25, 0.3) is 5.91 Å². The average molecular weight is 520 g/mol. The maximum absolute atomic E-state index is 12.7. The highest BCUT2D eigenvalue weighted by Crippen LogP contribution is 2.25. The van der Waals surface area contributed by atoms with Gasteiger partial charge < -0.3 is 9.30 Å². The van der Waals surface area contributed by atoms with E-state index in [1.807, 2.05) is 29.0 Å². The minimum atomic E-state index is -3.68. The van der Waals surface area contributed by atoms with Crippen LogP contribution in [0.3, 0.4) is 0 Å². The number of sulfone groups is 1. The summed E-state index contributed by atoms with van der Waals surface area (Å²) in [5.74, 6) is -0.671. The Morgan fingerprint density at radius 2 is 2.18 bits per heavy atom. The quantitative estimate of drug-likeness (QED) is 0.448. The largest absolute Gasteiger partial charge is 0.350 e. The summed E-state index contributed by atoms with van der Waals surface area (Å²) >= 11 is 2.25. The topological polar surface area (TPSA) is 86.6 Å². The lowest BCUT2D eigenvalue weighted by Crippen LogP contribution is -2.51. The number of carbonyl (C=O) groups is 1. The van der Waals surface area contributed by atoms with Gasteiger partial charge in [-0.15, -0.1) is 0 Å². The lowest BCUT2D eigenvalue weighted by molar-refractivity contribution is -0.201. The van der Waals surface area contributed by atoms with Crippen molar-refractivity contribution in [3.63, 3.8) is 0 Å². The highest BCUT2D eigenvalue weighted by molar-refractivity contribution is 14.1. The van der Waals surface area contributed by atoms with Crippen molar-refractivity contribution < 1.29 is 22.8 Å². The standard InChI is InChI=1S/C19H25IN2O5S/c1-19(28(2,24)25,18(23)21-27-17-5-3-4-12-26-17)9-11-22-10-8-14-13-15(20)6-7-16(14)22/h6-8,10,13,17H,3-5,9,11-12H2,1-2H3,(H,21,23). The molecule has 1 aliphatic rings. The lowest BCUT2D eigenvalue weighted by atomic mass is 10.1. The SMILES string of the molecule is CC(CCn1ccc2cc(I)ccc21)(C(=O)NOC1CCCCO1)S(C)(=O)=O. The number of aryl methyl sites for hydroxylation is 1. The molecule has 0 radical (unpaired) electrons. The van der Waals surface area contributed by atoms with Crippen molar-refractivity contribution in [3.8, 4) is 0 Å². The number of fused-ring (bicyclic) bond motifs is 1. The van der Waals surface area contributed by atoms with Gasteiger partial charge in [0.05, 0.1) is 0 Å². The summed E-state index contributed by atoms with van der Waals surface area (Å²) < 4.78 is 31.8. The third-order valence-corrected chi connectivity index (χ3v) is 7.98. The van der Waals surface area contributed by atoms with Crippen LogP contribution in [0.1, 0.15) is 32.6 Å². The number of halogens is 1. The van der Waals surface area contributed by atoms with Crippen LogP contribution >= 0.6 is 22.6 Å². The zero-order valence-corrected chi connectivity index (χ0v) is 19.0. The first-order chi connectivity index (χ1) is 13.2. The third kappa shape index (κ3) is 4.69. The summed E-state index contributed by atoms with van der Waals surface area (Å²) in [6, 6.07) is 8.05. The van der Waals surface area contributed by atoms with Crippen molar-refractivity contribution in [1.82, 2.24) is 10.0 Å². The summed E-state index contributed by atoms with van der Waals surface area (Å²) in [5, 5.41) is 1.08. The van der Waals surface area contributed by atoms with Crippen LogP contribution in [0, 0.1) is 3.57 Å². The predicted octanol–water partition coefficient (Wildman–Crippen LogP) is 3.01. The Balaban J connectivity index is 1.72. The molecule has 1 N–H and O–H groups in total. The number of nitrogens with one attached hydrogen (secondary N) is 1. The number of rotatable bonds is 7. The van der Waals surface area contributed by atoms with Crippen molar-refractivity contribution in [2.24, 2.45) is 0 Å². The van der Waals surface area contributed by atoms with Crippen molar-refractivity contribution >= 4 is 49.2 Å². The molecule has 28 heavy (non-hydrogen) atoms. The monoisotopic (exact) mass is 520 g/mol. The van der Waals surface area contributed by atoms with E-state index in [4.69, 9.17) is 9.57 Å². The molecule has 1 aromatic carbocycles. The molecule has 1 fully saturated rings. The number of nitrogens with zero attached hydrogens (tertiary/aromatic N) is 1. The van der Waals surface area contributed by atoms with Gasteiger partial charge in [0.15, 0.2) is 20.9 Å². The van der Waals surface area contributed by atoms with Gasteiger partial charge in [0.1, 0.15) is 0 Å². The van der Waals surface area contributed by atoms with Gasteiger partial charge in [-0.25, -0.2) is 18.7 Å². The van der Waals surface area contributed by atoms with Gasteiger partial charge in [0.2, 0.25) is 0 Å². The summed E-state index contributed by atoms with van der Waals surface area (Å²) in [6.45, 7) is 2.40. The first-order valence-corrected chi connectivity index (χ1v) is 12.2. The van der Waals surface area contributed by atoms with Gasteiger partial charge in [-0.05, 0) is 73.0 Å². The fourth-order valence-corrected chi connectivity index (χ4v) is 4.55. The Morgan fingerprint density at radius 1 is 1.39 bits per heavy atom. The minimum Gasteiger partial charge on any atom is -0.350 e. The fraction of sp³-hybridized carbons (Fsp3) is 0.526. The highest BCUT2D eigenvalue weighted by atomic mass is 127. The van der Waals surface area contributed by atoms with Crippen LogP contribution in [0.4, 0.5) is 0 Å². The molecule has 0 spiro atoms. The Kier molecular flexibility index (Phi) is 6.68. The number of ether oxygens (including phenoxy) is 1. The molecule has 154 valence electrons. The van der Waals surface area contributed by atoms with Crippen LogP contribution in [0.25, 0.3) is 10.9 Å². The van der Waals surface area contributed by atoms with Crippen molar-refractivity contribution in [2.75, 3.05) is 12.9 Å². The Bertz CT molecular complexity index is 952. The zero-order chi connectivity index (χ0) is 20.4. The van der Waals surface area contributed by atoms with Crippen LogP contribution in [0.2, 0.25) is 0 Å². The molecular weight excluding hydrogens is 495 g/mol. The maximum atomic E-state index is 12.7. The summed E-state index contributed by atoms with van der Waals surface area (Å²) in [4.78, 5) is 18.1. The Morgan fingerprint density at radius 3 is 2.86 bits per heavy atom. The molecule has 7 nitrogen and oxygen atoms in total. The van der Waals surface area contributed by atoms with Gasteiger partial charge in [-0.1, -0.05) is 0 Å². The van der Waals surface area contributed by atoms with E-state index in [0.717, 1.165) is 33.6 Å². The summed E-state index contributed by atoms with van der Waals surface area (Å²) in [6.07, 6.45) is 5.17. The van der Waals surface area contributed by atoms with Gasteiger partial charge in [-0.2, -0.15) is 0 Å². The number of hydrogen-bond donors (Lipinski definition) is 1. The Hall–Kier alpha value is -1.17. The number of carbonyl (C=O) groups excluding carboxylic acids is 1. The molecule has 2 unspecified atom stereocenters. The van der Waals surface area contributed by atoms with Crippen LogP contribution in [-0.4, -0.2) is 42.8 Å². The molecule has 2 aromatic rings. The molecule has 9 heteroatoms. The molecule has 1 amide bonds. The second-order valence-corrected chi connectivity index (χ2v) is 11.0. The molecule has 1 aliphatic heterocycles. The number of benzene rings is 1. The van der Waals surface area contributed by atoms with Crippen LogP contribution < -0.4 is 5.48 Å². The van der Waals surface area contributed by atoms with Crippen LogP contribution in [0.5, 0.6) is 0 Å². The summed E-state index contributed by atoms with van der Waals surface area (Å²) in [5.41, 5.74) is 3.32. The molecule has 0 saturated carbocycles. The molecule has 0 aliphatic carbocycles. The average Bonchev–Trinajstić information content (AvgIpc) is 3.06. The second-order valence-electron chi connectivity index (χ2n) is 7.31. The van der Waals surface area contributed by atoms with Gasteiger partial charge in [0, 0.05) is 46.5 Å². The third-order valence-electron chi connectivity index (χ3n) is 5.28. The van der Waals surface area contributed by atoms with Crippen LogP contribution in [-0.2, 0) is 30.8 Å². The molecule has 1 aromatic heterocycles. The van der Waals surface area contributed by atoms with E-state index in [2.05, 4.69) is 34.1 Å². The molecule has 1 saturated heterocycles. The predicted molar refractivity (Wildman–Crippen MR) is 115 cm³/mol. The first kappa shape index (κ1) is 21.5. The maximum Gasteiger partial charge on any atom is 0.264 e. The number of hydroxylamine groups is 1. The first-order valence-electron chi connectivity index (χ1n) is 9.22. The zero-order valence-electron chi connectivity index (χ0n) is 16.0. The van der Waals surface area contributed by atoms with Crippen molar-refractivity contribution in [2.45, 2.75) is 50.2 Å². The molecule has 3 rings (SSSR count). The lowest BCUT2D eigenvalue weighted by Gasteiger charge is -2.28. The molecular formula is C19H25IN2O5S. The van der Waals surface area contributed by atoms with Crippen molar-refractivity contribution in [1.29, 1.82) is 0 Å². The second kappa shape index (κ2) is 8.68. The van der Waals surface area contributed by atoms with E-state index in [1.165, 1.54) is 6.92 Å². The van der Waals surface area contributed by atoms with Gasteiger partial charge in [-0.3, -0.25) is 4.79 Å². The molecule has 2 heterocycles. The van der Waals surface area contributed by atoms with E-state index in [9.17, 15) is 13.2 Å². The molecule has 0 bridgehead atoms. The number of aromatic nitrogens is 1. The smallest absolute Gasteiger partial charge is 0.264 e. The Labute approximate surface area is 178 Å².